The van der Waals surface area contributed by atoms with E-state index < -0.39 is 10.0 Å². The average molecular weight is 480 g/mol. The SMILES string of the molecule is CN(C)CCS(=O)(=O)N1Cc2cc(C#N)ccc2N(Cc2ccno2)CC1Cc1ccccc1. The van der Waals surface area contributed by atoms with Gasteiger partial charge in [-0.3, -0.25) is 0 Å². The molecular formula is C25H29N5O3S. The molecule has 0 aliphatic carbocycles. The maximum atomic E-state index is 13.6. The Bertz CT molecular complexity index is 1240. The molecule has 1 atom stereocenters. The number of sulfonamides is 1. The Hall–Kier alpha value is -3.19. The van der Waals surface area contributed by atoms with Crippen molar-refractivity contribution < 1.29 is 12.9 Å². The fraction of sp³-hybridized carbons (Fsp3) is 0.360. The molecule has 0 bridgehead atoms. The molecule has 0 saturated heterocycles. The zero-order valence-corrected chi connectivity index (χ0v) is 20.3. The largest absolute Gasteiger partial charge is 0.362 e. The molecule has 178 valence electrons. The molecule has 2 heterocycles. The van der Waals surface area contributed by atoms with Crippen LogP contribution in [0.3, 0.4) is 0 Å². The van der Waals surface area contributed by atoms with E-state index >= 15 is 0 Å². The van der Waals surface area contributed by atoms with Gasteiger partial charge in [-0.1, -0.05) is 35.5 Å². The van der Waals surface area contributed by atoms with Crippen molar-refractivity contribution >= 4 is 15.7 Å². The molecule has 3 aromatic rings. The van der Waals surface area contributed by atoms with Crippen molar-refractivity contribution in [2.24, 2.45) is 0 Å². The molecule has 1 unspecified atom stereocenters. The number of rotatable bonds is 8. The highest BCUT2D eigenvalue weighted by Gasteiger charge is 2.35. The second kappa shape index (κ2) is 10.4. The molecule has 34 heavy (non-hydrogen) atoms. The molecule has 1 aliphatic rings. The fourth-order valence-electron chi connectivity index (χ4n) is 4.29. The summed E-state index contributed by atoms with van der Waals surface area (Å²) in [6.07, 6.45) is 2.18. The highest BCUT2D eigenvalue weighted by atomic mass is 32.2. The van der Waals surface area contributed by atoms with Gasteiger partial charge in [-0.05, 0) is 49.8 Å². The molecule has 9 heteroatoms. The zero-order valence-electron chi connectivity index (χ0n) is 19.5. The third-order valence-corrected chi connectivity index (χ3v) is 7.86. The summed E-state index contributed by atoms with van der Waals surface area (Å²) in [5.41, 5.74) is 3.29. The first kappa shape index (κ1) is 24.0. The lowest BCUT2D eigenvalue weighted by Crippen LogP contribution is -2.47. The lowest BCUT2D eigenvalue weighted by atomic mass is 10.1. The van der Waals surface area contributed by atoms with E-state index in [0.717, 1.165) is 16.8 Å². The van der Waals surface area contributed by atoms with Crippen molar-refractivity contribution in [3.63, 3.8) is 0 Å². The van der Waals surface area contributed by atoms with Crippen molar-refractivity contribution in [2.75, 3.05) is 37.8 Å². The molecule has 8 nitrogen and oxygen atoms in total. The first-order valence-corrected chi connectivity index (χ1v) is 12.8. The van der Waals surface area contributed by atoms with E-state index in [1.165, 1.54) is 0 Å². The van der Waals surface area contributed by atoms with E-state index in [4.69, 9.17) is 4.52 Å². The minimum Gasteiger partial charge on any atom is -0.362 e. The molecule has 0 saturated carbocycles. The maximum absolute atomic E-state index is 13.6. The third kappa shape index (κ3) is 5.65. The summed E-state index contributed by atoms with van der Waals surface area (Å²) in [5.74, 6) is 0.721. The summed E-state index contributed by atoms with van der Waals surface area (Å²) < 4.78 is 34.2. The van der Waals surface area contributed by atoms with Gasteiger partial charge in [-0.15, -0.1) is 0 Å². The highest BCUT2D eigenvalue weighted by Crippen LogP contribution is 2.32. The van der Waals surface area contributed by atoms with Crippen LogP contribution in [0.15, 0.2) is 65.3 Å². The van der Waals surface area contributed by atoms with E-state index in [9.17, 15) is 13.7 Å². The number of benzene rings is 2. The van der Waals surface area contributed by atoms with Gasteiger partial charge in [0.05, 0.1) is 30.1 Å². The summed E-state index contributed by atoms with van der Waals surface area (Å²) in [6, 6.07) is 19.1. The van der Waals surface area contributed by atoms with Gasteiger partial charge in [0, 0.05) is 37.4 Å². The Morgan fingerprint density at radius 2 is 1.97 bits per heavy atom. The van der Waals surface area contributed by atoms with Gasteiger partial charge in [-0.2, -0.15) is 9.57 Å². The van der Waals surface area contributed by atoms with Gasteiger partial charge in [0.2, 0.25) is 10.0 Å². The quantitative estimate of drug-likeness (QED) is 0.490. The zero-order chi connectivity index (χ0) is 24.1. The predicted molar refractivity (Wildman–Crippen MR) is 131 cm³/mol. The fourth-order valence-corrected chi connectivity index (χ4v) is 6.05. The summed E-state index contributed by atoms with van der Waals surface area (Å²) >= 11 is 0. The number of nitrogens with zero attached hydrogens (tertiary/aromatic N) is 5. The van der Waals surface area contributed by atoms with E-state index in [1.54, 1.807) is 22.6 Å². The summed E-state index contributed by atoms with van der Waals surface area (Å²) in [5, 5.41) is 13.3. The van der Waals surface area contributed by atoms with Crippen LogP contribution in [0, 0.1) is 11.3 Å². The monoisotopic (exact) mass is 479 g/mol. The molecule has 0 N–H and O–H groups in total. The smallest absolute Gasteiger partial charge is 0.215 e. The Balaban J connectivity index is 1.77. The van der Waals surface area contributed by atoms with Crippen molar-refractivity contribution in [3.8, 4) is 6.07 Å². The average Bonchev–Trinajstić information content (AvgIpc) is 3.28. The van der Waals surface area contributed by atoms with Crippen LogP contribution in [0.5, 0.6) is 0 Å². The predicted octanol–water partition coefficient (Wildman–Crippen LogP) is 2.87. The number of hydrogen-bond donors (Lipinski definition) is 0. The van der Waals surface area contributed by atoms with E-state index in [2.05, 4.69) is 16.1 Å². The van der Waals surface area contributed by atoms with Crippen molar-refractivity contribution in [1.29, 1.82) is 5.26 Å². The van der Waals surface area contributed by atoms with Crippen LogP contribution >= 0.6 is 0 Å². The number of aromatic nitrogens is 1. The molecular weight excluding hydrogens is 450 g/mol. The van der Waals surface area contributed by atoms with Crippen LogP contribution in [0.2, 0.25) is 0 Å². The summed E-state index contributed by atoms with van der Waals surface area (Å²) in [4.78, 5) is 4.01. The minimum absolute atomic E-state index is 0.0284. The van der Waals surface area contributed by atoms with Gasteiger partial charge in [-0.25, -0.2) is 8.42 Å². The summed E-state index contributed by atoms with van der Waals surface area (Å²) in [7, 11) is 0.164. The van der Waals surface area contributed by atoms with Crippen LogP contribution in [0.1, 0.15) is 22.5 Å². The molecule has 0 spiro atoms. The van der Waals surface area contributed by atoms with Crippen LogP contribution in [-0.4, -0.2) is 61.8 Å². The molecule has 0 radical (unpaired) electrons. The molecule has 0 fully saturated rings. The van der Waals surface area contributed by atoms with Crippen LogP contribution in [0.25, 0.3) is 0 Å². The second-order valence-corrected chi connectivity index (χ2v) is 10.9. The van der Waals surface area contributed by atoms with Gasteiger partial charge in [0.15, 0.2) is 5.76 Å². The number of fused-ring (bicyclic) bond motifs is 1. The number of hydrogen-bond acceptors (Lipinski definition) is 7. The first-order valence-electron chi connectivity index (χ1n) is 11.2. The molecule has 1 aliphatic heterocycles. The Labute approximate surface area is 201 Å². The maximum Gasteiger partial charge on any atom is 0.215 e. The Morgan fingerprint density at radius 1 is 1.18 bits per heavy atom. The molecule has 4 rings (SSSR count). The molecule has 0 amide bonds. The van der Waals surface area contributed by atoms with Gasteiger partial charge >= 0.3 is 0 Å². The van der Waals surface area contributed by atoms with Crippen LogP contribution in [-0.2, 0) is 29.5 Å². The first-order chi connectivity index (χ1) is 16.4. The van der Waals surface area contributed by atoms with Gasteiger partial charge in [0.1, 0.15) is 0 Å². The minimum atomic E-state index is -3.57. The number of nitriles is 1. The standard InChI is InChI=1S/C25H29N5O3S/c1-28(2)12-13-34(31,32)30-17-22-14-21(16-26)8-9-25(22)29(19-24-10-11-27-33-24)18-23(30)15-20-6-4-3-5-7-20/h3-11,14,23H,12-13,15,17-19H2,1-2H3. The van der Waals surface area contributed by atoms with Gasteiger partial charge < -0.3 is 14.3 Å². The van der Waals surface area contributed by atoms with Crippen molar-refractivity contribution in [1.82, 2.24) is 14.4 Å². The third-order valence-electron chi connectivity index (χ3n) is 6.02. The van der Waals surface area contributed by atoms with Gasteiger partial charge in [0.25, 0.3) is 0 Å². The summed E-state index contributed by atoms with van der Waals surface area (Å²) in [6.45, 7) is 1.58. The molecule has 2 aromatic carbocycles. The van der Waals surface area contributed by atoms with Crippen molar-refractivity contribution in [2.45, 2.75) is 25.6 Å². The lowest BCUT2D eigenvalue weighted by Gasteiger charge is -2.32. The normalized spacial score (nSPS) is 16.8. The van der Waals surface area contributed by atoms with Crippen molar-refractivity contribution in [3.05, 3.63) is 83.2 Å². The topological polar surface area (TPSA) is 93.7 Å². The highest BCUT2D eigenvalue weighted by molar-refractivity contribution is 7.89. The molecule has 1 aromatic heterocycles. The number of anilines is 1. The van der Waals surface area contributed by atoms with E-state index in [-0.39, 0.29) is 18.3 Å². The van der Waals surface area contributed by atoms with Crippen LogP contribution in [0.4, 0.5) is 5.69 Å². The van der Waals surface area contributed by atoms with E-state index in [0.29, 0.717) is 37.4 Å². The lowest BCUT2D eigenvalue weighted by molar-refractivity contribution is 0.312. The van der Waals surface area contributed by atoms with Crippen LogP contribution < -0.4 is 4.90 Å². The van der Waals surface area contributed by atoms with E-state index in [1.807, 2.05) is 61.5 Å². The Morgan fingerprint density at radius 3 is 2.65 bits per heavy atom. The second-order valence-electron chi connectivity index (χ2n) is 8.82. The Kier molecular flexibility index (Phi) is 7.32.